The van der Waals surface area contributed by atoms with Gasteiger partial charge in [-0.05, 0) is 35.2 Å². The number of ether oxygens (including phenoxy) is 1. The molecule has 0 bridgehead atoms. The minimum absolute atomic E-state index is 0.390. The third kappa shape index (κ3) is 5.44. The molecule has 0 spiro atoms. The van der Waals surface area contributed by atoms with Crippen LogP contribution in [0, 0.1) is 0 Å². The highest BCUT2D eigenvalue weighted by molar-refractivity contribution is 5.75. The lowest BCUT2D eigenvalue weighted by molar-refractivity contribution is -0.142. The molecule has 4 nitrogen and oxygen atoms in total. The van der Waals surface area contributed by atoms with Crippen molar-refractivity contribution in [3.05, 3.63) is 102 Å². The maximum Gasteiger partial charge on any atom is 0.322 e. The first-order chi connectivity index (χ1) is 13.7. The van der Waals surface area contributed by atoms with Gasteiger partial charge >= 0.3 is 5.97 Å². The fourth-order valence-electron chi connectivity index (χ4n) is 3.18. The van der Waals surface area contributed by atoms with Crippen LogP contribution in [-0.2, 0) is 29.0 Å². The third-order valence-electron chi connectivity index (χ3n) is 4.69. The number of hydrogen-bond donors (Lipinski definition) is 1. The lowest BCUT2D eigenvalue weighted by Crippen LogP contribution is -2.33. The van der Waals surface area contributed by atoms with Gasteiger partial charge < -0.3 is 15.4 Å². The average molecular weight is 374 g/mol. The summed E-state index contributed by atoms with van der Waals surface area (Å²) in [5.74, 6) is -0.390. The first-order valence-electron chi connectivity index (χ1n) is 9.41. The van der Waals surface area contributed by atoms with Crippen LogP contribution in [0.1, 0.15) is 16.7 Å². The molecule has 0 aliphatic heterocycles. The average Bonchev–Trinajstić information content (AvgIpc) is 2.74. The number of nitrogens with zero attached hydrogens (tertiary/aromatic N) is 1. The molecule has 0 radical (unpaired) electrons. The maximum atomic E-state index is 11.5. The molecule has 4 heteroatoms. The van der Waals surface area contributed by atoms with Gasteiger partial charge in [0.25, 0.3) is 0 Å². The highest BCUT2D eigenvalue weighted by atomic mass is 16.5. The summed E-state index contributed by atoms with van der Waals surface area (Å²) in [5.41, 5.74) is 10.5. The van der Waals surface area contributed by atoms with Crippen molar-refractivity contribution in [3.63, 3.8) is 0 Å². The van der Waals surface area contributed by atoms with Crippen LogP contribution in [0.3, 0.4) is 0 Å². The molecule has 28 heavy (non-hydrogen) atoms. The quantitative estimate of drug-likeness (QED) is 0.607. The Kier molecular flexibility index (Phi) is 6.82. The van der Waals surface area contributed by atoms with Gasteiger partial charge in [-0.15, -0.1) is 0 Å². The van der Waals surface area contributed by atoms with Crippen molar-refractivity contribution in [1.29, 1.82) is 0 Å². The van der Waals surface area contributed by atoms with E-state index in [2.05, 4.69) is 65.6 Å². The van der Waals surface area contributed by atoms with Crippen molar-refractivity contribution in [3.8, 4) is 0 Å². The number of hydrogen-bond acceptors (Lipinski definition) is 4. The molecule has 0 unspecified atom stereocenters. The van der Waals surface area contributed by atoms with Gasteiger partial charge in [-0.25, -0.2) is 0 Å². The molecular formula is C24H26N2O2. The zero-order valence-corrected chi connectivity index (χ0v) is 16.1. The zero-order chi connectivity index (χ0) is 19.8. The van der Waals surface area contributed by atoms with Crippen LogP contribution >= 0.6 is 0 Å². The number of methoxy groups -OCH3 is 1. The fourth-order valence-corrected chi connectivity index (χ4v) is 3.18. The Morgan fingerprint density at radius 2 is 1.32 bits per heavy atom. The maximum absolute atomic E-state index is 11.5. The normalized spacial score (nSPS) is 11.6. The molecule has 0 heterocycles. The summed E-state index contributed by atoms with van der Waals surface area (Å²) in [6, 6.07) is 28.5. The molecular weight excluding hydrogens is 348 g/mol. The summed E-state index contributed by atoms with van der Waals surface area (Å²) in [5, 5.41) is 0. The first-order valence-corrected chi connectivity index (χ1v) is 9.41. The second-order valence-corrected chi connectivity index (χ2v) is 6.83. The number of carbonyl (C=O) groups is 1. The molecule has 0 aromatic heterocycles. The van der Waals surface area contributed by atoms with Crippen molar-refractivity contribution in [1.82, 2.24) is 0 Å². The van der Waals surface area contributed by atoms with Gasteiger partial charge in [0, 0.05) is 18.8 Å². The number of esters is 1. The molecule has 0 aliphatic carbocycles. The van der Waals surface area contributed by atoms with Gasteiger partial charge in [-0.2, -0.15) is 0 Å². The van der Waals surface area contributed by atoms with Crippen molar-refractivity contribution in [2.45, 2.75) is 25.6 Å². The molecule has 0 saturated heterocycles. The van der Waals surface area contributed by atoms with E-state index in [-0.39, 0.29) is 5.97 Å². The van der Waals surface area contributed by atoms with E-state index in [1.807, 2.05) is 24.3 Å². The summed E-state index contributed by atoms with van der Waals surface area (Å²) < 4.78 is 4.71. The highest BCUT2D eigenvalue weighted by Gasteiger charge is 2.15. The second kappa shape index (κ2) is 9.72. The number of benzene rings is 3. The largest absolute Gasteiger partial charge is 0.468 e. The predicted octanol–water partition coefficient (Wildman–Crippen LogP) is 3.94. The van der Waals surface area contributed by atoms with Crippen LogP contribution in [0.4, 0.5) is 5.69 Å². The van der Waals surface area contributed by atoms with E-state index >= 15 is 0 Å². The van der Waals surface area contributed by atoms with Crippen LogP contribution in [-0.4, -0.2) is 19.1 Å². The van der Waals surface area contributed by atoms with E-state index in [1.165, 1.54) is 18.2 Å². The summed E-state index contributed by atoms with van der Waals surface area (Å²) in [6.07, 6.45) is 0.463. The lowest BCUT2D eigenvalue weighted by atomic mass is 10.1. The molecule has 3 rings (SSSR count). The Hall–Kier alpha value is -3.11. The molecule has 0 aliphatic rings. The van der Waals surface area contributed by atoms with Crippen molar-refractivity contribution < 1.29 is 9.53 Å². The Morgan fingerprint density at radius 1 is 0.821 bits per heavy atom. The van der Waals surface area contributed by atoms with Gasteiger partial charge in [0.1, 0.15) is 6.04 Å². The van der Waals surface area contributed by atoms with E-state index in [0.717, 1.165) is 24.3 Å². The number of rotatable bonds is 8. The summed E-state index contributed by atoms with van der Waals surface area (Å²) in [7, 11) is 1.36. The minimum atomic E-state index is -0.638. The smallest absolute Gasteiger partial charge is 0.322 e. The molecule has 0 fully saturated rings. The molecule has 3 aromatic rings. The summed E-state index contributed by atoms with van der Waals surface area (Å²) in [4.78, 5) is 13.9. The van der Waals surface area contributed by atoms with Crippen LogP contribution in [0.5, 0.6) is 0 Å². The van der Waals surface area contributed by atoms with Crippen LogP contribution in [0.25, 0.3) is 0 Å². The van der Waals surface area contributed by atoms with Gasteiger partial charge in [0.15, 0.2) is 0 Å². The lowest BCUT2D eigenvalue weighted by Gasteiger charge is -2.25. The number of nitrogens with two attached hydrogens (primary N) is 1. The molecule has 144 valence electrons. The monoisotopic (exact) mass is 374 g/mol. The van der Waals surface area contributed by atoms with Crippen molar-refractivity contribution in [2.75, 3.05) is 12.0 Å². The van der Waals surface area contributed by atoms with Crippen LogP contribution in [0.15, 0.2) is 84.9 Å². The Labute approximate surface area is 166 Å². The molecule has 3 aromatic carbocycles. The standard InChI is InChI=1S/C24H26N2O2/c1-28-24(27)23(25)16-19-12-14-22(15-13-19)26(17-20-8-4-2-5-9-20)18-21-10-6-3-7-11-21/h2-15,23H,16-18,25H2,1H3/t23-/m0/s1. The van der Waals surface area contributed by atoms with E-state index in [1.54, 1.807) is 0 Å². The zero-order valence-electron chi connectivity index (χ0n) is 16.1. The van der Waals surface area contributed by atoms with Crippen LogP contribution < -0.4 is 10.6 Å². The second-order valence-electron chi connectivity index (χ2n) is 6.83. The van der Waals surface area contributed by atoms with Crippen molar-refractivity contribution >= 4 is 11.7 Å². The highest BCUT2D eigenvalue weighted by Crippen LogP contribution is 2.21. The Morgan fingerprint density at radius 3 is 1.79 bits per heavy atom. The van der Waals surface area contributed by atoms with Crippen LogP contribution in [0.2, 0.25) is 0 Å². The van der Waals surface area contributed by atoms with E-state index < -0.39 is 6.04 Å². The Bertz CT molecular complexity index is 823. The fraction of sp³-hybridized carbons (Fsp3) is 0.208. The first kappa shape index (κ1) is 19.6. The minimum Gasteiger partial charge on any atom is -0.468 e. The number of carbonyl (C=O) groups excluding carboxylic acids is 1. The SMILES string of the molecule is COC(=O)[C@@H](N)Cc1ccc(N(Cc2ccccc2)Cc2ccccc2)cc1. The molecule has 0 saturated carbocycles. The van der Waals surface area contributed by atoms with Gasteiger partial charge in [0.05, 0.1) is 7.11 Å². The number of anilines is 1. The van der Waals surface area contributed by atoms with Crippen molar-refractivity contribution in [2.24, 2.45) is 5.73 Å². The van der Waals surface area contributed by atoms with E-state index in [4.69, 9.17) is 10.5 Å². The Balaban J connectivity index is 1.78. The van der Waals surface area contributed by atoms with Gasteiger partial charge in [0.2, 0.25) is 0 Å². The van der Waals surface area contributed by atoms with Gasteiger partial charge in [-0.3, -0.25) is 4.79 Å². The summed E-state index contributed by atoms with van der Waals surface area (Å²) >= 11 is 0. The van der Waals surface area contributed by atoms with Gasteiger partial charge in [-0.1, -0.05) is 72.8 Å². The molecule has 2 N–H and O–H groups in total. The third-order valence-corrected chi connectivity index (χ3v) is 4.69. The predicted molar refractivity (Wildman–Crippen MR) is 113 cm³/mol. The van der Waals surface area contributed by atoms with E-state index in [0.29, 0.717) is 6.42 Å². The summed E-state index contributed by atoms with van der Waals surface area (Å²) in [6.45, 7) is 1.63. The molecule has 0 amide bonds. The topological polar surface area (TPSA) is 55.6 Å². The molecule has 1 atom stereocenters. The van der Waals surface area contributed by atoms with E-state index in [9.17, 15) is 4.79 Å².